The number of halogens is 1. The van der Waals surface area contributed by atoms with Gasteiger partial charge in [0.15, 0.2) is 5.16 Å². The second-order valence-electron chi connectivity index (χ2n) is 1.47. The van der Waals surface area contributed by atoms with Gasteiger partial charge in [-0.3, -0.25) is 9.89 Å². The number of aliphatic carboxylic acids is 1. The topological polar surface area (TPSA) is 78.9 Å². The zero-order chi connectivity index (χ0) is 7.40. The van der Waals surface area contributed by atoms with E-state index in [2.05, 4.69) is 15.2 Å². The van der Waals surface area contributed by atoms with Crippen molar-refractivity contribution in [2.24, 2.45) is 0 Å². The average Bonchev–Trinajstić information content (AvgIpc) is 2.34. The second kappa shape index (κ2) is 4.97. The maximum atomic E-state index is 10.0. The quantitative estimate of drug-likeness (QED) is 0.683. The third-order valence-electron chi connectivity index (χ3n) is 0.725. The fraction of sp³-hybridized carbons (Fsp3) is 0.250. The van der Waals surface area contributed by atoms with Gasteiger partial charge in [-0.25, -0.2) is 4.98 Å². The third-order valence-corrected chi connectivity index (χ3v) is 1.59. The summed E-state index contributed by atoms with van der Waals surface area (Å²) in [4.78, 5) is 13.7. The zero-order valence-corrected chi connectivity index (χ0v) is 6.98. The summed E-state index contributed by atoms with van der Waals surface area (Å²) in [5, 5.41) is 14.8. The van der Waals surface area contributed by atoms with Gasteiger partial charge in [-0.1, -0.05) is 11.8 Å². The van der Waals surface area contributed by atoms with Crippen LogP contribution in [0.5, 0.6) is 0 Å². The number of hydrogen-bond donors (Lipinski definition) is 2. The molecule has 1 heterocycles. The lowest BCUT2D eigenvalue weighted by molar-refractivity contribution is -0.133. The Balaban J connectivity index is 0.000001000. The van der Waals surface area contributed by atoms with E-state index < -0.39 is 5.97 Å². The molecule has 1 aromatic rings. The Hall–Kier alpha value is -0.750. The van der Waals surface area contributed by atoms with Gasteiger partial charge in [0.2, 0.25) is 0 Å². The molecule has 0 aliphatic carbocycles. The smallest absolute Gasteiger partial charge is 0.313 e. The molecule has 0 fully saturated rings. The lowest BCUT2D eigenvalue weighted by Gasteiger charge is -1.88. The minimum atomic E-state index is -0.860. The first kappa shape index (κ1) is 10.2. The molecule has 0 aliphatic heterocycles. The molecular weight excluding hydrogens is 190 g/mol. The van der Waals surface area contributed by atoms with Crippen molar-refractivity contribution in [3.63, 3.8) is 0 Å². The number of H-pyrrole nitrogens is 1. The number of carbonyl (C=O) groups is 1. The van der Waals surface area contributed by atoms with E-state index >= 15 is 0 Å². The molecule has 0 saturated carbocycles. The number of nitrogens with zero attached hydrogens (tertiary/aromatic N) is 2. The summed E-state index contributed by atoms with van der Waals surface area (Å²) in [7, 11) is 0. The first-order valence-corrected chi connectivity index (χ1v) is 3.47. The van der Waals surface area contributed by atoms with Gasteiger partial charge in [-0.15, -0.1) is 12.4 Å². The summed E-state index contributed by atoms with van der Waals surface area (Å²) >= 11 is 1.11. The van der Waals surface area contributed by atoms with Crippen molar-refractivity contribution < 1.29 is 9.90 Å². The van der Waals surface area contributed by atoms with Gasteiger partial charge < -0.3 is 5.11 Å². The van der Waals surface area contributed by atoms with Crippen molar-refractivity contribution in [1.29, 1.82) is 0 Å². The monoisotopic (exact) mass is 195 g/mol. The van der Waals surface area contributed by atoms with Crippen molar-refractivity contribution in [2.75, 3.05) is 5.75 Å². The van der Waals surface area contributed by atoms with Gasteiger partial charge in [0.25, 0.3) is 0 Å². The van der Waals surface area contributed by atoms with Gasteiger partial charge >= 0.3 is 5.97 Å². The van der Waals surface area contributed by atoms with Crippen LogP contribution in [0.4, 0.5) is 0 Å². The number of aromatic nitrogens is 3. The van der Waals surface area contributed by atoms with Crippen molar-refractivity contribution in [3.05, 3.63) is 6.33 Å². The van der Waals surface area contributed by atoms with Crippen LogP contribution in [-0.4, -0.2) is 32.0 Å². The Morgan fingerprint density at radius 1 is 1.82 bits per heavy atom. The normalized spacial score (nSPS) is 8.73. The Morgan fingerprint density at radius 3 is 3.00 bits per heavy atom. The van der Waals surface area contributed by atoms with Crippen molar-refractivity contribution in [3.8, 4) is 0 Å². The van der Waals surface area contributed by atoms with Crippen molar-refractivity contribution in [1.82, 2.24) is 15.2 Å². The molecule has 0 saturated heterocycles. The summed E-state index contributed by atoms with van der Waals surface area (Å²) < 4.78 is 0. The molecule has 11 heavy (non-hydrogen) atoms. The van der Waals surface area contributed by atoms with E-state index in [1.165, 1.54) is 6.33 Å². The van der Waals surface area contributed by atoms with Crippen LogP contribution in [0, 0.1) is 0 Å². The highest BCUT2D eigenvalue weighted by molar-refractivity contribution is 7.99. The Morgan fingerprint density at radius 2 is 2.55 bits per heavy atom. The minimum Gasteiger partial charge on any atom is -0.481 e. The molecule has 0 unspecified atom stereocenters. The van der Waals surface area contributed by atoms with Crippen LogP contribution in [0.1, 0.15) is 0 Å². The highest BCUT2D eigenvalue weighted by Gasteiger charge is 2.00. The van der Waals surface area contributed by atoms with E-state index in [1.54, 1.807) is 0 Å². The number of hydrogen-bond acceptors (Lipinski definition) is 4. The van der Waals surface area contributed by atoms with Crippen LogP contribution in [0.15, 0.2) is 11.5 Å². The summed E-state index contributed by atoms with van der Waals surface area (Å²) in [6.07, 6.45) is 1.34. The van der Waals surface area contributed by atoms with E-state index in [0.717, 1.165) is 11.8 Å². The summed E-state index contributed by atoms with van der Waals surface area (Å²) in [6, 6.07) is 0. The molecule has 0 amide bonds. The summed E-state index contributed by atoms with van der Waals surface area (Å²) in [5.74, 6) is -0.851. The highest BCUT2D eigenvalue weighted by atomic mass is 35.5. The summed E-state index contributed by atoms with van der Waals surface area (Å²) in [6.45, 7) is 0. The molecule has 0 atom stereocenters. The van der Waals surface area contributed by atoms with Crippen LogP contribution in [0.3, 0.4) is 0 Å². The molecule has 7 heteroatoms. The van der Waals surface area contributed by atoms with Crippen LogP contribution < -0.4 is 0 Å². The fourth-order valence-corrected chi connectivity index (χ4v) is 0.893. The van der Waals surface area contributed by atoms with Crippen LogP contribution in [0.2, 0.25) is 0 Å². The van der Waals surface area contributed by atoms with E-state index in [4.69, 9.17) is 5.11 Å². The Kier molecular flexibility index (Phi) is 4.64. The Bertz CT molecular complexity index is 215. The number of thioether (sulfide) groups is 1. The van der Waals surface area contributed by atoms with Gasteiger partial charge in [0, 0.05) is 0 Å². The number of carboxylic acid groups (broad SMARTS) is 1. The van der Waals surface area contributed by atoms with E-state index in [9.17, 15) is 4.79 Å². The fourth-order valence-electron chi connectivity index (χ4n) is 0.394. The van der Waals surface area contributed by atoms with Crippen LogP contribution in [-0.2, 0) is 4.79 Å². The van der Waals surface area contributed by atoms with Crippen LogP contribution in [0.25, 0.3) is 0 Å². The van der Waals surface area contributed by atoms with Gasteiger partial charge in [-0.2, -0.15) is 5.10 Å². The molecule has 2 N–H and O–H groups in total. The third kappa shape index (κ3) is 3.84. The predicted octanol–water partition coefficient (Wildman–Crippen LogP) is 0.403. The highest BCUT2D eigenvalue weighted by Crippen LogP contribution is 2.08. The van der Waals surface area contributed by atoms with E-state index in [1.807, 2.05) is 0 Å². The molecular formula is C4H6ClN3O2S. The standard InChI is InChI=1S/C4H5N3O2S.ClH/c8-3(9)1-10-4-5-2-6-7-4;/h2H,1H2,(H,8,9)(H,5,6,7);1H. The lowest BCUT2D eigenvalue weighted by atomic mass is 10.8. The molecule has 1 aromatic heterocycles. The number of nitrogens with one attached hydrogen (secondary N) is 1. The molecule has 62 valence electrons. The second-order valence-corrected chi connectivity index (χ2v) is 2.44. The molecule has 5 nitrogen and oxygen atoms in total. The first-order chi connectivity index (χ1) is 4.79. The largest absolute Gasteiger partial charge is 0.481 e. The number of carboxylic acids is 1. The predicted molar refractivity (Wildman–Crippen MR) is 42.0 cm³/mol. The molecule has 0 aliphatic rings. The Labute approximate surface area is 73.0 Å². The number of rotatable bonds is 3. The van der Waals surface area contributed by atoms with Gasteiger partial charge in [-0.05, 0) is 0 Å². The lowest BCUT2D eigenvalue weighted by Crippen LogP contribution is -1.97. The maximum absolute atomic E-state index is 10.0. The van der Waals surface area contributed by atoms with Crippen molar-refractivity contribution >= 4 is 30.1 Å². The van der Waals surface area contributed by atoms with E-state index in [0.29, 0.717) is 5.16 Å². The van der Waals surface area contributed by atoms with E-state index in [-0.39, 0.29) is 18.2 Å². The number of aromatic amines is 1. The molecule has 1 rings (SSSR count). The molecule has 0 aromatic carbocycles. The van der Waals surface area contributed by atoms with Crippen LogP contribution >= 0.6 is 24.2 Å². The van der Waals surface area contributed by atoms with Gasteiger partial charge in [0.1, 0.15) is 6.33 Å². The summed E-state index contributed by atoms with van der Waals surface area (Å²) in [5.41, 5.74) is 0. The minimum absolute atomic E-state index is 0. The van der Waals surface area contributed by atoms with Crippen molar-refractivity contribution in [2.45, 2.75) is 5.16 Å². The average molecular weight is 196 g/mol. The zero-order valence-electron chi connectivity index (χ0n) is 5.35. The SMILES string of the molecule is Cl.O=C(O)CSc1ncn[nH]1. The molecule has 0 spiro atoms. The first-order valence-electron chi connectivity index (χ1n) is 2.49. The van der Waals surface area contributed by atoms with Gasteiger partial charge in [0.05, 0.1) is 5.75 Å². The maximum Gasteiger partial charge on any atom is 0.313 e. The molecule has 0 radical (unpaired) electrons. The molecule has 0 bridgehead atoms.